The number of rotatable bonds is 1. The fourth-order valence-corrected chi connectivity index (χ4v) is 2.09. The quantitative estimate of drug-likeness (QED) is 0.770. The summed E-state index contributed by atoms with van der Waals surface area (Å²) in [6, 6.07) is 3.68. The summed E-state index contributed by atoms with van der Waals surface area (Å²) in [5.74, 6) is 0.0944. The number of amides is 1. The molecule has 5 heteroatoms. The Morgan fingerprint density at radius 3 is 2.94 bits per heavy atom. The van der Waals surface area contributed by atoms with Gasteiger partial charge in [-0.2, -0.15) is 0 Å². The lowest BCUT2D eigenvalue weighted by Gasteiger charge is -2.27. The first-order valence-electron chi connectivity index (χ1n) is 5.77. The van der Waals surface area contributed by atoms with E-state index < -0.39 is 0 Å². The molecule has 2 aromatic heterocycles. The van der Waals surface area contributed by atoms with Crippen LogP contribution in [0.1, 0.15) is 10.4 Å². The van der Waals surface area contributed by atoms with E-state index in [0.717, 1.165) is 31.8 Å². The molecule has 17 heavy (non-hydrogen) atoms. The van der Waals surface area contributed by atoms with Gasteiger partial charge in [-0.05, 0) is 12.1 Å². The number of carbonyl (C=O) groups is 1. The van der Waals surface area contributed by atoms with E-state index in [-0.39, 0.29) is 5.91 Å². The van der Waals surface area contributed by atoms with Crippen LogP contribution in [0.15, 0.2) is 30.7 Å². The summed E-state index contributed by atoms with van der Waals surface area (Å²) in [5.41, 5.74) is 1.52. The van der Waals surface area contributed by atoms with Gasteiger partial charge in [0, 0.05) is 50.3 Å². The van der Waals surface area contributed by atoms with Crippen molar-refractivity contribution in [2.45, 2.75) is 0 Å². The van der Waals surface area contributed by atoms with Gasteiger partial charge in [-0.15, -0.1) is 0 Å². The molecule has 5 nitrogen and oxygen atoms in total. The third kappa shape index (κ3) is 1.89. The number of hydrogen-bond donors (Lipinski definition) is 1. The first-order chi connectivity index (χ1) is 8.34. The fourth-order valence-electron chi connectivity index (χ4n) is 2.09. The number of piperazine rings is 1. The number of imidazole rings is 1. The lowest BCUT2D eigenvalue weighted by molar-refractivity contribution is 0.0736. The van der Waals surface area contributed by atoms with Crippen LogP contribution in [0.25, 0.3) is 5.65 Å². The first kappa shape index (κ1) is 10.3. The van der Waals surface area contributed by atoms with Crippen molar-refractivity contribution in [1.82, 2.24) is 19.6 Å². The van der Waals surface area contributed by atoms with Crippen molar-refractivity contribution in [3.63, 3.8) is 0 Å². The maximum absolute atomic E-state index is 12.2. The van der Waals surface area contributed by atoms with E-state index in [2.05, 4.69) is 10.3 Å². The van der Waals surface area contributed by atoms with Crippen LogP contribution < -0.4 is 5.32 Å². The normalized spacial score (nSPS) is 16.4. The second-order valence-electron chi connectivity index (χ2n) is 4.15. The standard InChI is InChI=1S/C12H14N4O/c17-12(16-6-2-13-3-7-16)10-1-5-15-8-4-14-11(15)9-10/h1,4-5,8-9,13H,2-3,6-7H2. The topological polar surface area (TPSA) is 49.6 Å². The summed E-state index contributed by atoms with van der Waals surface area (Å²) in [7, 11) is 0. The number of hydrogen-bond acceptors (Lipinski definition) is 3. The van der Waals surface area contributed by atoms with Gasteiger partial charge >= 0.3 is 0 Å². The maximum Gasteiger partial charge on any atom is 0.254 e. The summed E-state index contributed by atoms with van der Waals surface area (Å²) in [4.78, 5) is 18.3. The minimum Gasteiger partial charge on any atom is -0.336 e. The molecule has 0 aromatic carbocycles. The highest BCUT2D eigenvalue weighted by Gasteiger charge is 2.18. The molecule has 0 atom stereocenters. The highest BCUT2D eigenvalue weighted by molar-refractivity contribution is 5.95. The minimum atomic E-state index is 0.0944. The van der Waals surface area contributed by atoms with Crippen molar-refractivity contribution in [2.75, 3.05) is 26.2 Å². The van der Waals surface area contributed by atoms with E-state index >= 15 is 0 Å². The molecule has 1 aliphatic rings. The Balaban J connectivity index is 1.88. The Labute approximate surface area is 99.1 Å². The Bertz CT molecular complexity index is 542. The number of nitrogens with zero attached hydrogens (tertiary/aromatic N) is 3. The van der Waals surface area contributed by atoms with Gasteiger partial charge in [-0.25, -0.2) is 4.98 Å². The summed E-state index contributed by atoms with van der Waals surface area (Å²) in [5, 5.41) is 3.24. The van der Waals surface area contributed by atoms with Gasteiger partial charge in [0.15, 0.2) is 0 Å². The summed E-state index contributed by atoms with van der Waals surface area (Å²) in [6.07, 6.45) is 5.47. The van der Waals surface area contributed by atoms with Crippen molar-refractivity contribution < 1.29 is 4.79 Å². The molecule has 0 radical (unpaired) electrons. The summed E-state index contributed by atoms with van der Waals surface area (Å²) >= 11 is 0. The Kier molecular flexibility index (Phi) is 2.53. The zero-order chi connectivity index (χ0) is 11.7. The molecular formula is C12H14N4O. The molecular weight excluding hydrogens is 216 g/mol. The fraction of sp³-hybridized carbons (Fsp3) is 0.333. The number of carbonyl (C=O) groups excluding carboxylic acids is 1. The van der Waals surface area contributed by atoms with Crippen molar-refractivity contribution in [2.24, 2.45) is 0 Å². The van der Waals surface area contributed by atoms with Crippen molar-refractivity contribution in [1.29, 1.82) is 0 Å². The van der Waals surface area contributed by atoms with E-state index in [9.17, 15) is 4.79 Å². The minimum absolute atomic E-state index is 0.0944. The van der Waals surface area contributed by atoms with Crippen molar-refractivity contribution >= 4 is 11.6 Å². The molecule has 0 aliphatic carbocycles. The Morgan fingerprint density at radius 1 is 1.29 bits per heavy atom. The molecule has 2 aromatic rings. The molecule has 0 bridgehead atoms. The highest BCUT2D eigenvalue weighted by Crippen LogP contribution is 2.09. The summed E-state index contributed by atoms with van der Waals surface area (Å²) < 4.78 is 1.90. The molecule has 1 fully saturated rings. The van der Waals surface area contributed by atoms with Gasteiger partial charge < -0.3 is 14.6 Å². The number of fused-ring (bicyclic) bond motifs is 1. The molecule has 3 heterocycles. The molecule has 1 N–H and O–H groups in total. The highest BCUT2D eigenvalue weighted by atomic mass is 16.2. The monoisotopic (exact) mass is 230 g/mol. The van der Waals surface area contributed by atoms with Gasteiger partial charge in [0.2, 0.25) is 0 Å². The predicted molar refractivity (Wildman–Crippen MR) is 64.0 cm³/mol. The molecule has 1 saturated heterocycles. The van der Waals surface area contributed by atoms with Crippen molar-refractivity contribution in [3.05, 3.63) is 36.3 Å². The second-order valence-corrected chi connectivity index (χ2v) is 4.15. The Hall–Kier alpha value is -1.88. The SMILES string of the molecule is O=C(c1ccn2ccnc2c1)N1CCNCC1. The van der Waals surface area contributed by atoms with Crippen LogP contribution in [-0.4, -0.2) is 46.4 Å². The van der Waals surface area contributed by atoms with Gasteiger partial charge in [-0.3, -0.25) is 4.79 Å². The number of aromatic nitrogens is 2. The van der Waals surface area contributed by atoms with Crippen LogP contribution in [-0.2, 0) is 0 Å². The average molecular weight is 230 g/mol. The third-order valence-corrected chi connectivity index (χ3v) is 3.05. The molecule has 1 aliphatic heterocycles. The zero-order valence-corrected chi connectivity index (χ0v) is 9.47. The van der Waals surface area contributed by atoms with Crippen LogP contribution in [0.4, 0.5) is 0 Å². The van der Waals surface area contributed by atoms with Gasteiger partial charge in [0.25, 0.3) is 5.91 Å². The lowest BCUT2D eigenvalue weighted by atomic mass is 10.2. The number of pyridine rings is 1. The molecule has 1 amide bonds. The van der Waals surface area contributed by atoms with Gasteiger partial charge in [0.1, 0.15) is 5.65 Å². The van der Waals surface area contributed by atoms with Crippen molar-refractivity contribution in [3.8, 4) is 0 Å². The molecule has 0 spiro atoms. The van der Waals surface area contributed by atoms with Crippen LogP contribution in [0, 0.1) is 0 Å². The third-order valence-electron chi connectivity index (χ3n) is 3.05. The lowest BCUT2D eigenvalue weighted by Crippen LogP contribution is -2.46. The van der Waals surface area contributed by atoms with E-state index in [4.69, 9.17) is 0 Å². The molecule has 3 rings (SSSR count). The van der Waals surface area contributed by atoms with Crippen LogP contribution in [0.5, 0.6) is 0 Å². The molecule has 88 valence electrons. The van der Waals surface area contributed by atoms with Gasteiger partial charge in [-0.1, -0.05) is 0 Å². The van der Waals surface area contributed by atoms with E-state index in [1.54, 1.807) is 6.20 Å². The smallest absolute Gasteiger partial charge is 0.254 e. The largest absolute Gasteiger partial charge is 0.336 e. The maximum atomic E-state index is 12.2. The Morgan fingerprint density at radius 2 is 2.12 bits per heavy atom. The molecule has 0 saturated carbocycles. The van der Waals surface area contributed by atoms with Gasteiger partial charge in [0.05, 0.1) is 0 Å². The van der Waals surface area contributed by atoms with Crippen LogP contribution >= 0.6 is 0 Å². The van der Waals surface area contributed by atoms with E-state index in [1.165, 1.54) is 0 Å². The second kappa shape index (κ2) is 4.18. The first-order valence-corrected chi connectivity index (χ1v) is 5.77. The number of nitrogens with one attached hydrogen (secondary N) is 1. The van der Waals surface area contributed by atoms with Crippen LogP contribution in [0.3, 0.4) is 0 Å². The zero-order valence-electron chi connectivity index (χ0n) is 9.47. The predicted octanol–water partition coefficient (Wildman–Crippen LogP) is 0.380. The van der Waals surface area contributed by atoms with E-state index in [0.29, 0.717) is 5.56 Å². The summed E-state index contributed by atoms with van der Waals surface area (Å²) in [6.45, 7) is 3.30. The van der Waals surface area contributed by atoms with Crippen LogP contribution in [0.2, 0.25) is 0 Å². The van der Waals surface area contributed by atoms with E-state index in [1.807, 2.05) is 33.8 Å². The molecule has 0 unspecified atom stereocenters. The average Bonchev–Trinajstić information content (AvgIpc) is 2.86.